The molecule has 17 heavy (non-hydrogen) atoms. The number of carbonyl (C=O) groups is 2. The van der Waals surface area contributed by atoms with E-state index >= 15 is 0 Å². The molecule has 0 saturated carbocycles. The van der Waals surface area contributed by atoms with Gasteiger partial charge >= 0.3 is 5.97 Å². The van der Waals surface area contributed by atoms with Gasteiger partial charge in [0.1, 0.15) is 6.54 Å². The van der Waals surface area contributed by atoms with Crippen molar-refractivity contribution in [2.24, 2.45) is 11.5 Å². The molecule has 1 amide bonds. The van der Waals surface area contributed by atoms with Crippen molar-refractivity contribution in [1.82, 2.24) is 10.4 Å². The Labute approximate surface area is 99.5 Å². The fraction of sp³-hybridized carbons (Fsp3) is 0.778. The lowest BCUT2D eigenvalue weighted by Gasteiger charge is -2.18. The number of nitrogens with zero attached hydrogens (tertiary/aromatic N) is 1. The maximum Gasteiger partial charge on any atom is 0.319 e. The third kappa shape index (κ3) is 8.57. The first-order valence-corrected chi connectivity index (χ1v) is 5.21. The molecular weight excluding hydrogens is 228 g/mol. The van der Waals surface area contributed by atoms with E-state index in [2.05, 4.69) is 5.43 Å². The number of aliphatic hydroxyl groups is 1. The quantitative estimate of drug-likeness (QED) is 0.298. The largest absolute Gasteiger partial charge is 0.480 e. The van der Waals surface area contributed by atoms with E-state index in [1.165, 1.54) is 7.05 Å². The van der Waals surface area contributed by atoms with E-state index in [0.29, 0.717) is 0 Å². The molecule has 7 N–H and O–H groups in total. The molecule has 0 spiro atoms. The van der Waals surface area contributed by atoms with Gasteiger partial charge in [0, 0.05) is 26.1 Å². The molecule has 0 fully saturated rings. The average molecular weight is 248 g/mol. The average Bonchev–Trinajstić information content (AvgIpc) is 2.14. The molecule has 0 aliphatic heterocycles. The van der Waals surface area contributed by atoms with E-state index in [1.54, 1.807) is 0 Å². The van der Waals surface area contributed by atoms with Gasteiger partial charge in [-0.1, -0.05) is 0 Å². The van der Waals surface area contributed by atoms with Crippen molar-refractivity contribution in [3.8, 4) is 0 Å². The highest BCUT2D eigenvalue weighted by Gasteiger charge is 2.15. The molecule has 0 bridgehead atoms. The summed E-state index contributed by atoms with van der Waals surface area (Å²) >= 11 is 0. The number of nitrogens with two attached hydrogens (primary N) is 2. The van der Waals surface area contributed by atoms with Crippen LogP contribution in [0.15, 0.2) is 0 Å². The Bertz CT molecular complexity index is 261. The number of nitrogens with one attached hydrogen (secondary N) is 1. The Kier molecular flexibility index (Phi) is 7.39. The molecule has 8 heteroatoms. The summed E-state index contributed by atoms with van der Waals surface area (Å²) < 4.78 is 0. The number of amides is 1. The zero-order valence-electron chi connectivity index (χ0n) is 9.80. The molecule has 8 nitrogen and oxygen atoms in total. The van der Waals surface area contributed by atoms with Crippen LogP contribution in [0.5, 0.6) is 0 Å². The minimum Gasteiger partial charge on any atom is -0.480 e. The van der Waals surface area contributed by atoms with E-state index < -0.39 is 24.0 Å². The van der Waals surface area contributed by atoms with Crippen LogP contribution in [-0.4, -0.2) is 59.4 Å². The minimum absolute atomic E-state index is 0.00101. The Morgan fingerprint density at radius 3 is 2.53 bits per heavy atom. The summed E-state index contributed by atoms with van der Waals surface area (Å²) in [5.74, 6) is -1.44. The van der Waals surface area contributed by atoms with Crippen LogP contribution in [0.25, 0.3) is 0 Å². The number of rotatable bonds is 8. The summed E-state index contributed by atoms with van der Waals surface area (Å²) in [7, 11) is 1.44. The molecule has 0 aromatic carbocycles. The monoisotopic (exact) mass is 248 g/mol. The molecule has 2 atom stereocenters. The fourth-order valence-electron chi connectivity index (χ4n) is 1.27. The Morgan fingerprint density at radius 1 is 1.47 bits per heavy atom. The van der Waals surface area contributed by atoms with Gasteiger partial charge in [-0.05, 0) is 6.42 Å². The van der Waals surface area contributed by atoms with Crippen molar-refractivity contribution >= 4 is 11.9 Å². The summed E-state index contributed by atoms with van der Waals surface area (Å²) in [6.45, 7) is -0.208. The van der Waals surface area contributed by atoms with Gasteiger partial charge in [0.25, 0.3) is 0 Å². The number of hydrogen-bond donors (Lipinski definition) is 5. The molecule has 0 aromatic rings. The van der Waals surface area contributed by atoms with Gasteiger partial charge in [-0.25, -0.2) is 5.01 Å². The fourth-order valence-corrected chi connectivity index (χ4v) is 1.27. The second-order valence-electron chi connectivity index (χ2n) is 3.87. The van der Waals surface area contributed by atoms with Crippen LogP contribution in [0.4, 0.5) is 0 Å². The Hall–Kier alpha value is -1.22. The SMILES string of the molecule is CN(CC(=O)O)NC(=O)C[C@@H](N)C[C@@H](O)CN. The number of hydrogen-bond acceptors (Lipinski definition) is 6. The third-order valence-corrected chi connectivity index (χ3v) is 1.98. The predicted octanol–water partition coefficient (Wildman–Crippen LogP) is -2.54. The van der Waals surface area contributed by atoms with Gasteiger partial charge in [-0.15, -0.1) is 0 Å². The van der Waals surface area contributed by atoms with Crippen LogP contribution in [0.3, 0.4) is 0 Å². The number of aliphatic carboxylic acids is 1. The van der Waals surface area contributed by atoms with Crippen LogP contribution in [0.2, 0.25) is 0 Å². The highest BCUT2D eigenvalue weighted by atomic mass is 16.4. The molecule has 0 heterocycles. The number of hydrazine groups is 1. The van der Waals surface area contributed by atoms with Crippen molar-refractivity contribution in [2.45, 2.75) is 25.0 Å². The highest BCUT2D eigenvalue weighted by molar-refractivity contribution is 5.76. The third-order valence-electron chi connectivity index (χ3n) is 1.98. The number of likely N-dealkylation sites (N-methyl/N-ethyl adjacent to an activating group) is 1. The zero-order valence-corrected chi connectivity index (χ0v) is 9.80. The van der Waals surface area contributed by atoms with Gasteiger partial charge in [0.2, 0.25) is 5.91 Å². The number of aliphatic hydroxyl groups excluding tert-OH is 1. The standard InChI is InChI=1S/C9H20N4O4/c1-13(5-9(16)17)12-8(15)3-6(11)2-7(14)4-10/h6-7,14H,2-5,10-11H2,1H3,(H,12,15)(H,16,17)/t6-,7+/m0/s1. The summed E-state index contributed by atoms with van der Waals surface area (Å²) in [6, 6.07) is -0.508. The van der Waals surface area contributed by atoms with Crippen LogP contribution >= 0.6 is 0 Å². The molecule has 100 valence electrons. The Morgan fingerprint density at radius 2 is 2.06 bits per heavy atom. The van der Waals surface area contributed by atoms with Gasteiger partial charge < -0.3 is 21.7 Å². The molecular formula is C9H20N4O4. The first kappa shape index (κ1) is 15.8. The van der Waals surface area contributed by atoms with Crippen LogP contribution in [0, 0.1) is 0 Å². The maximum absolute atomic E-state index is 11.4. The number of carbonyl (C=O) groups excluding carboxylic acids is 1. The highest BCUT2D eigenvalue weighted by Crippen LogP contribution is 1.99. The Balaban J connectivity index is 3.88. The summed E-state index contributed by atoms with van der Waals surface area (Å²) in [5, 5.41) is 18.8. The van der Waals surface area contributed by atoms with Crippen molar-refractivity contribution in [3.63, 3.8) is 0 Å². The van der Waals surface area contributed by atoms with Crippen LogP contribution in [-0.2, 0) is 9.59 Å². The molecule has 0 aromatic heterocycles. The van der Waals surface area contributed by atoms with Crippen LogP contribution in [0.1, 0.15) is 12.8 Å². The van der Waals surface area contributed by atoms with Crippen molar-refractivity contribution in [2.75, 3.05) is 20.1 Å². The van der Waals surface area contributed by atoms with Crippen molar-refractivity contribution in [1.29, 1.82) is 0 Å². The van der Waals surface area contributed by atoms with Gasteiger partial charge in [-0.2, -0.15) is 0 Å². The molecule has 0 rings (SSSR count). The second-order valence-corrected chi connectivity index (χ2v) is 3.87. The summed E-state index contributed by atoms with van der Waals surface area (Å²) in [6.07, 6.45) is -0.498. The molecule has 0 radical (unpaired) electrons. The van der Waals surface area contributed by atoms with Gasteiger partial charge in [0.05, 0.1) is 6.10 Å². The number of carboxylic acid groups (broad SMARTS) is 1. The van der Waals surface area contributed by atoms with Crippen molar-refractivity contribution < 1.29 is 19.8 Å². The number of carboxylic acids is 1. The first-order valence-electron chi connectivity index (χ1n) is 5.21. The maximum atomic E-state index is 11.4. The normalized spacial score (nSPS) is 14.4. The minimum atomic E-state index is -1.05. The lowest BCUT2D eigenvalue weighted by Crippen LogP contribution is -2.44. The zero-order chi connectivity index (χ0) is 13.4. The van der Waals surface area contributed by atoms with Gasteiger partial charge in [-0.3, -0.25) is 15.0 Å². The molecule has 0 aliphatic carbocycles. The lowest BCUT2D eigenvalue weighted by atomic mass is 10.1. The smallest absolute Gasteiger partial charge is 0.319 e. The van der Waals surface area contributed by atoms with E-state index in [-0.39, 0.29) is 25.9 Å². The lowest BCUT2D eigenvalue weighted by molar-refractivity contribution is -0.139. The van der Waals surface area contributed by atoms with E-state index in [1.807, 2.05) is 0 Å². The summed E-state index contributed by atoms with van der Waals surface area (Å²) in [4.78, 5) is 21.7. The van der Waals surface area contributed by atoms with E-state index in [0.717, 1.165) is 5.01 Å². The van der Waals surface area contributed by atoms with Crippen LogP contribution < -0.4 is 16.9 Å². The molecule has 0 aliphatic rings. The van der Waals surface area contributed by atoms with E-state index in [9.17, 15) is 14.7 Å². The summed E-state index contributed by atoms with van der Waals surface area (Å²) in [5.41, 5.74) is 13.2. The second kappa shape index (κ2) is 7.96. The first-order chi connectivity index (χ1) is 7.85. The topological polar surface area (TPSA) is 142 Å². The predicted molar refractivity (Wildman–Crippen MR) is 60.7 cm³/mol. The molecule has 0 unspecified atom stereocenters. The van der Waals surface area contributed by atoms with Gasteiger partial charge in [0.15, 0.2) is 0 Å². The molecule has 0 saturated heterocycles. The van der Waals surface area contributed by atoms with E-state index in [4.69, 9.17) is 16.6 Å². The van der Waals surface area contributed by atoms with Crippen molar-refractivity contribution in [3.05, 3.63) is 0 Å².